The van der Waals surface area contributed by atoms with Gasteiger partial charge in [-0.3, -0.25) is 4.90 Å². The van der Waals surface area contributed by atoms with Crippen molar-refractivity contribution in [2.75, 3.05) is 19.7 Å². The zero-order chi connectivity index (χ0) is 14.2. The molecule has 21 heavy (non-hydrogen) atoms. The summed E-state index contributed by atoms with van der Waals surface area (Å²) in [6.07, 6.45) is 5.89. The smallest absolute Gasteiger partial charge is 0.122 e. The molecule has 0 aromatic heterocycles. The molecule has 0 amide bonds. The first-order valence-corrected chi connectivity index (χ1v) is 8.47. The van der Waals surface area contributed by atoms with Gasteiger partial charge in [-0.05, 0) is 38.3 Å². The van der Waals surface area contributed by atoms with Gasteiger partial charge in [0.15, 0.2) is 0 Å². The summed E-state index contributed by atoms with van der Waals surface area (Å²) in [4.78, 5) is 2.63. The number of nitrogens with zero attached hydrogens (tertiary/aromatic N) is 1. The van der Waals surface area contributed by atoms with E-state index in [1.54, 1.807) is 0 Å². The third kappa shape index (κ3) is 2.47. The molecule has 4 unspecified atom stereocenters. The van der Waals surface area contributed by atoms with Crippen LogP contribution in [0.1, 0.15) is 43.6 Å². The van der Waals surface area contributed by atoms with E-state index in [0.29, 0.717) is 17.9 Å². The Morgan fingerprint density at radius 2 is 2.05 bits per heavy atom. The van der Waals surface area contributed by atoms with Crippen molar-refractivity contribution in [3.63, 3.8) is 0 Å². The van der Waals surface area contributed by atoms with Crippen molar-refractivity contribution in [3.05, 3.63) is 29.8 Å². The Morgan fingerprint density at radius 3 is 2.90 bits per heavy atom. The Labute approximate surface area is 126 Å². The highest BCUT2D eigenvalue weighted by atomic mass is 16.5. The highest BCUT2D eigenvalue weighted by molar-refractivity contribution is 5.39. The number of benzene rings is 1. The number of likely N-dealkylation sites (tertiary alicyclic amines) is 1. The lowest BCUT2D eigenvalue weighted by Gasteiger charge is -2.32. The fourth-order valence-electron chi connectivity index (χ4n) is 4.64. The van der Waals surface area contributed by atoms with Gasteiger partial charge in [0, 0.05) is 30.0 Å². The van der Waals surface area contributed by atoms with Gasteiger partial charge in [-0.1, -0.05) is 24.6 Å². The molecule has 0 spiro atoms. The molecule has 4 atom stereocenters. The van der Waals surface area contributed by atoms with Gasteiger partial charge in [0.25, 0.3) is 0 Å². The van der Waals surface area contributed by atoms with Gasteiger partial charge in [0.1, 0.15) is 5.75 Å². The van der Waals surface area contributed by atoms with Crippen molar-refractivity contribution in [2.45, 2.75) is 50.2 Å². The summed E-state index contributed by atoms with van der Waals surface area (Å²) in [5.74, 6) is 2.07. The van der Waals surface area contributed by atoms with Crippen LogP contribution in [-0.4, -0.2) is 41.8 Å². The highest BCUT2D eigenvalue weighted by Crippen LogP contribution is 2.39. The van der Waals surface area contributed by atoms with E-state index in [1.807, 2.05) is 0 Å². The Bertz CT molecular complexity index is 504. The molecule has 3 aliphatic rings. The second kappa shape index (κ2) is 5.62. The van der Waals surface area contributed by atoms with E-state index in [1.165, 1.54) is 37.8 Å². The molecular formula is C18H25NO2. The van der Waals surface area contributed by atoms with E-state index < -0.39 is 0 Å². The number of aliphatic hydroxyl groups excluding tert-OH is 1. The number of rotatable bonds is 3. The molecule has 2 heterocycles. The summed E-state index contributed by atoms with van der Waals surface area (Å²) >= 11 is 0. The van der Waals surface area contributed by atoms with Crippen molar-refractivity contribution in [1.29, 1.82) is 0 Å². The molecule has 2 aliphatic heterocycles. The van der Waals surface area contributed by atoms with Crippen LogP contribution in [0.25, 0.3) is 0 Å². The normalized spacial score (nSPS) is 35.9. The summed E-state index contributed by atoms with van der Waals surface area (Å²) in [5, 5.41) is 10.2. The highest BCUT2D eigenvalue weighted by Gasteiger charge is 2.39. The standard InChI is InChI=1S/C18H25NO2/c20-17-8-3-6-15(17)16-7-4-10-19(16)11-13-12-21-18-9-2-1-5-14(13)18/h1-2,5,9,13,15-17,20H,3-4,6-8,10-12H2. The van der Waals surface area contributed by atoms with Gasteiger partial charge in [0.05, 0.1) is 12.7 Å². The topological polar surface area (TPSA) is 32.7 Å². The lowest BCUT2D eigenvalue weighted by molar-refractivity contribution is 0.0712. The molecule has 1 saturated carbocycles. The maximum Gasteiger partial charge on any atom is 0.122 e. The van der Waals surface area contributed by atoms with Crippen LogP contribution in [0.5, 0.6) is 5.75 Å². The average molecular weight is 287 g/mol. The summed E-state index contributed by atoms with van der Waals surface area (Å²) in [7, 11) is 0. The van der Waals surface area contributed by atoms with Gasteiger partial charge >= 0.3 is 0 Å². The van der Waals surface area contributed by atoms with E-state index in [2.05, 4.69) is 29.2 Å². The zero-order valence-electron chi connectivity index (χ0n) is 12.6. The molecule has 1 aliphatic carbocycles. The predicted molar refractivity (Wildman–Crippen MR) is 82.6 cm³/mol. The van der Waals surface area contributed by atoms with E-state index in [-0.39, 0.29) is 6.10 Å². The van der Waals surface area contributed by atoms with Gasteiger partial charge in [0.2, 0.25) is 0 Å². The third-order valence-electron chi connectivity index (χ3n) is 5.69. The van der Waals surface area contributed by atoms with Crippen LogP contribution in [0.15, 0.2) is 24.3 Å². The molecule has 3 heteroatoms. The summed E-state index contributed by atoms with van der Waals surface area (Å²) in [6.45, 7) is 3.09. The summed E-state index contributed by atoms with van der Waals surface area (Å²) < 4.78 is 5.83. The molecular weight excluding hydrogens is 262 g/mol. The maximum atomic E-state index is 10.2. The van der Waals surface area contributed by atoms with Crippen LogP contribution >= 0.6 is 0 Å². The fraction of sp³-hybridized carbons (Fsp3) is 0.667. The molecule has 1 aromatic rings. The number of aliphatic hydroxyl groups is 1. The van der Waals surface area contributed by atoms with Crippen LogP contribution < -0.4 is 4.74 Å². The molecule has 1 saturated heterocycles. The number of para-hydroxylation sites is 1. The molecule has 4 rings (SSSR count). The Balaban J connectivity index is 1.47. The first-order valence-electron chi connectivity index (χ1n) is 8.47. The second-order valence-corrected chi connectivity index (χ2v) is 6.91. The molecule has 3 nitrogen and oxygen atoms in total. The van der Waals surface area contributed by atoms with E-state index in [9.17, 15) is 5.11 Å². The largest absolute Gasteiger partial charge is 0.493 e. The monoisotopic (exact) mass is 287 g/mol. The van der Waals surface area contributed by atoms with Crippen LogP contribution in [0.4, 0.5) is 0 Å². The molecule has 1 aromatic carbocycles. The molecule has 2 fully saturated rings. The van der Waals surface area contributed by atoms with E-state index >= 15 is 0 Å². The van der Waals surface area contributed by atoms with Crippen molar-refractivity contribution in [3.8, 4) is 5.75 Å². The first kappa shape index (κ1) is 13.6. The Morgan fingerprint density at radius 1 is 1.14 bits per heavy atom. The van der Waals surface area contributed by atoms with Gasteiger partial charge in [-0.25, -0.2) is 0 Å². The maximum absolute atomic E-state index is 10.2. The number of ether oxygens (including phenoxy) is 1. The van der Waals surface area contributed by atoms with Crippen LogP contribution in [0, 0.1) is 5.92 Å². The Kier molecular flexibility index (Phi) is 3.64. The number of fused-ring (bicyclic) bond motifs is 1. The van der Waals surface area contributed by atoms with Crippen molar-refractivity contribution < 1.29 is 9.84 Å². The Hall–Kier alpha value is -1.06. The lowest BCUT2D eigenvalue weighted by atomic mass is 9.93. The average Bonchev–Trinajstić information content (AvgIpc) is 3.20. The van der Waals surface area contributed by atoms with Crippen LogP contribution in [0.2, 0.25) is 0 Å². The van der Waals surface area contributed by atoms with Crippen LogP contribution in [-0.2, 0) is 0 Å². The SMILES string of the molecule is OC1CCCC1C1CCCN1CC1COc2ccccc21. The predicted octanol–water partition coefficient (Wildman–Crippen LogP) is 2.79. The fourth-order valence-corrected chi connectivity index (χ4v) is 4.64. The van der Waals surface area contributed by atoms with E-state index in [0.717, 1.165) is 25.3 Å². The number of hydrogen-bond acceptors (Lipinski definition) is 3. The quantitative estimate of drug-likeness (QED) is 0.928. The third-order valence-corrected chi connectivity index (χ3v) is 5.69. The minimum Gasteiger partial charge on any atom is -0.493 e. The van der Waals surface area contributed by atoms with E-state index in [4.69, 9.17) is 4.74 Å². The van der Waals surface area contributed by atoms with Gasteiger partial charge in [-0.2, -0.15) is 0 Å². The van der Waals surface area contributed by atoms with Crippen LogP contribution in [0.3, 0.4) is 0 Å². The minimum atomic E-state index is -0.0669. The minimum absolute atomic E-state index is 0.0669. The zero-order valence-corrected chi connectivity index (χ0v) is 12.6. The molecule has 1 N–H and O–H groups in total. The first-order chi connectivity index (χ1) is 10.3. The van der Waals surface area contributed by atoms with Gasteiger partial charge < -0.3 is 9.84 Å². The van der Waals surface area contributed by atoms with Crippen molar-refractivity contribution >= 4 is 0 Å². The molecule has 114 valence electrons. The number of hydrogen-bond donors (Lipinski definition) is 1. The molecule has 0 bridgehead atoms. The lowest BCUT2D eigenvalue weighted by Crippen LogP contribution is -2.41. The van der Waals surface area contributed by atoms with Crippen molar-refractivity contribution in [2.24, 2.45) is 5.92 Å². The summed E-state index contributed by atoms with van der Waals surface area (Å²) in [6, 6.07) is 9.05. The molecule has 0 radical (unpaired) electrons. The second-order valence-electron chi connectivity index (χ2n) is 6.91. The summed E-state index contributed by atoms with van der Waals surface area (Å²) in [5.41, 5.74) is 1.37. The van der Waals surface area contributed by atoms with Crippen molar-refractivity contribution in [1.82, 2.24) is 4.90 Å². The van der Waals surface area contributed by atoms with Gasteiger partial charge in [-0.15, -0.1) is 0 Å².